The van der Waals surface area contributed by atoms with E-state index in [1.165, 1.54) is 6.92 Å². The maximum atomic E-state index is 12.1. The minimum atomic E-state index is -0.126. The smallest absolute Gasteiger partial charge is 0.251 e. The first kappa shape index (κ1) is 18.4. The molecule has 2 amide bonds. The van der Waals surface area contributed by atoms with Gasteiger partial charge in [0.05, 0.1) is 12.2 Å². The van der Waals surface area contributed by atoms with Crippen molar-refractivity contribution in [2.45, 2.75) is 39.4 Å². The van der Waals surface area contributed by atoms with Crippen molar-refractivity contribution >= 4 is 17.5 Å². The van der Waals surface area contributed by atoms with Crippen LogP contribution in [0.15, 0.2) is 24.3 Å². The standard InChI is InChI=1S/C18H27N3O3/c1-13-11-21(12-14(2)24-13)10-4-9-19-18(23)16-5-7-17(8-6-16)20-15(3)22/h5-8,13-14H,4,9-12H2,1-3H3,(H,19,23)(H,20,22). The van der Waals surface area contributed by atoms with Gasteiger partial charge in [-0.15, -0.1) is 0 Å². The van der Waals surface area contributed by atoms with Gasteiger partial charge in [0.2, 0.25) is 5.91 Å². The highest BCUT2D eigenvalue weighted by Gasteiger charge is 2.21. The van der Waals surface area contributed by atoms with Gasteiger partial charge in [0.25, 0.3) is 5.91 Å². The molecule has 6 nitrogen and oxygen atoms in total. The van der Waals surface area contributed by atoms with Crippen molar-refractivity contribution in [3.63, 3.8) is 0 Å². The zero-order valence-corrected chi connectivity index (χ0v) is 14.7. The molecule has 1 fully saturated rings. The molecule has 1 aromatic carbocycles. The number of carbonyl (C=O) groups excluding carboxylic acids is 2. The number of hydrogen-bond donors (Lipinski definition) is 2. The average molecular weight is 333 g/mol. The lowest BCUT2D eigenvalue weighted by atomic mass is 10.2. The Morgan fingerprint density at radius 1 is 1.17 bits per heavy atom. The summed E-state index contributed by atoms with van der Waals surface area (Å²) < 4.78 is 5.71. The molecule has 6 heteroatoms. The van der Waals surface area contributed by atoms with E-state index in [0.717, 1.165) is 26.1 Å². The summed E-state index contributed by atoms with van der Waals surface area (Å²) in [4.78, 5) is 25.5. The van der Waals surface area contributed by atoms with E-state index in [0.29, 0.717) is 17.8 Å². The first-order valence-corrected chi connectivity index (χ1v) is 8.47. The third-order valence-electron chi connectivity index (χ3n) is 3.90. The summed E-state index contributed by atoms with van der Waals surface area (Å²) in [5.41, 5.74) is 1.28. The second kappa shape index (κ2) is 8.80. The molecule has 0 spiro atoms. The number of nitrogens with zero attached hydrogens (tertiary/aromatic N) is 1. The lowest BCUT2D eigenvalue weighted by Gasteiger charge is -2.35. The molecule has 132 valence electrons. The molecular weight excluding hydrogens is 306 g/mol. The minimum absolute atomic E-state index is 0.0897. The second-order valence-corrected chi connectivity index (χ2v) is 6.38. The number of morpholine rings is 1. The number of carbonyl (C=O) groups is 2. The zero-order valence-electron chi connectivity index (χ0n) is 14.7. The quantitative estimate of drug-likeness (QED) is 0.780. The molecule has 0 aromatic heterocycles. The number of rotatable bonds is 6. The Morgan fingerprint density at radius 2 is 1.79 bits per heavy atom. The summed E-state index contributed by atoms with van der Waals surface area (Å²) in [5.74, 6) is -0.216. The Labute approximate surface area is 143 Å². The van der Waals surface area contributed by atoms with E-state index in [4.69, 9.17) is 4.74 Å². The van der Waals surface area contributed by atoms with Crippen molar-refractivity contribution < 1.29 is 14.3 Å². The third kappa shape index (κ3) is 5.94. The van der Waals surface area contributed by atoms with Crippen molar-refractivity contribution in [1.29, 1.82) is 0 Å². The van der Waals surface area contributed by atoms with Gasteiger partial charge in [-0.1, -0.05) is 0 Å². The van der Waals surface area contributed by atoms with Crippen LogP contribution in [0.3, 0.4) is 0 Å². The van der Waals surface area contributed by atoms with Crippen LogP contribution in [-0.4, -0.2) is 55.1 Å². The van der Waals surface area contributed by atoms with Crippen molar-refractivity contribution in [2.24, 2.45) is 0 Å². The molecular formula is C18H27N3O3. The maximum Gasteiger partial charge on any atom is 0.251 e. The topological polar surface area (TPSA) is 70.7 Å². The second-order valence-electron chi connectivity index (χ2n) is 6.38. The van der Waals surface area contributed by atoms with Crippen LogP contribution in [0.4, 0.5) is 5.69 Å². The Balaban J connectivity index is 1.70. The van der Waals surface area contributed by atoms with Gasteiger partial charge in [-0.05, 0) is 44.5 Å². The van der Waals surface area contributed by atoms with Crippen molar-refractivity contribution in [3.05, 3.63) is 29.8 Å². The highest BCUT2D eigenvalue weighted by atomic mass is 16.5. The van der Waals surface area contributed by atoms with Gasteiger partial charge in [-0.3, -0.25) is 14.5 Å². The predicted molar refractivity (Wildman–Crippen MR) is 94.1 cm³/mol. The van der Waals surface area contributed by atoms with Gasteiger partial charge in [0.15, 0.2) is 0 Å². The van der Waals surface area contributed by atoms with Crippen molar-refractivity contribution in [1.82, 2.24) is 10.2 Å². The molecule has 24 heavy (non-hydrogen) atoms. The minimum Gasteiger partial charge on any atom is -0.373 e. The fourth-order valence-electron chi connectivity index (χ4n) is 2.98. The molecule has 0 bridgehead atoms. The molecule has 2 rings (SSSR count). The molecule has 0 saturated carbocycles. The molecule has 2 unspecified atom stereocenters. The Bertz CT molecular complexity index is 549. The fourth-order valence-corrected chi connectivity index (χ4v) is 2.98. The number of hydrogen-bond acceptors (Lipinski definition) is 4. The summed E-state index contributed by atoms with van der Waals surface area (Å²) >= 11 is 0. The largest absolute Gasteiger partial charge is 0.373 e. The Kier molecular flexibility index (Phi) is 6.75. The summed E-state index contributed by atoms with van der Waals surface area (Å²) in [6, 6.07) is 6.89. The van der Waals surface area contributed by atoms with E-state index in [1.807, 2.05) is 0 Å². The van der Waals surface area contributed by atoms with Gasteiger partial charge in [-0.2, -0.15) is 0 Å². The molecule has 1 aromatic rings. The Morgan fingerprint density at radius 3 is 2.38 bits per heavy atom. The number of nitrogens with one attached hydrogen (secondary N) is 2. The molecule has 1 aliphatic rings. The Hall–Kier alpha value is -1.92. The van der Waals surface area contributed by atoms with Crippen LogP contribution in [-0.2, 0) is 9.53 Å². The van der Waals surface area contributed by atoms with E-state index in [2.05, 4.69) is 29.4 Å². The molecule has 0 aliphatic carbocycles. The highest BCUT2D eigenvalue weighted by molar-refractivity contribution is 5.95. The van der Waals surface area contributed by atoms with Gasteiger partial charge in [-0.25, -0.2) is 0 Å². The van der Waals surface area contributed by atoms with E-state index in [9.17, 15) is 9.59 Å². The first-order chi connectivity index (χ1) is 11.4. The van der Waals surface area contributed by atoms with Crippen LogP contribution in [0.2, 0.25) is 0 Å². The van der Waals surface area contributed by atoms with Crippen molar-refractivity contribution in [2.75, 3.05) is 31.5 Å². The van der Waals surface area contributed by atoms with Crippen LogP contribution in [0.1, 0.15) is 37.6 Å². The van der Waals surface area contributed by atoms with Crippen LogP contribution >= 0.6 is 0 Å². The summed E-state index contributed by atoms with van der Waals surface area (Å²) in [7, 11) is 0. The highest BCUT2D eigenvalue weighted by Crippen LogP contribution is 2.11. The average Bonchev–Trinajstić information content (AvgIpc) is 2.50. The number of amides is 2. The van der Waals surface area contributed by atoms with E-state index in [1.54, 1.807) is 24.3 Å². The monoisotopic (exact) mass is 333 g/mol. The molecule has 2 atom stereocenters. The van der Waals surface area contributed by atoms with Crippen LogP contribution in [0.25, 0.3) is 0 Å². The third-order valence-corrected chi connectivity index (χ3v) is 3.90. The summed E-state index contributed by atoms with van der Waals surface area (Å²) in [6.07, 6.45) is 1.45. The van der Waals surface area contributed by atoms with E-state index in [-0.39, 0.29) is 24.0 Å². The van der Waals surface area contributed by atoms with Gasteiger partial charge >= 0.3 is 0 Å². The van der Waals surface area contributed by atoms with E-state index < -0.39 is 0 Å². The maximum absolute atomic E-state index is 12.1. The lowest BCUT2D eigenvalue weighted by molar-refractivity contribution is -0.114. The SMILES string of the molecule is CC(=O)Nc1ccc(C(=O)NCCCN2CC(C)OC(C)C2)cc1. The number of anilines is 1. The van der Waals surface area contributed by atoms with Gasteiger partial charge in [0, 0.05) is 44.4 Å². The number of benzene rings is 1. The van der Waals surface area contributed by atoms with Crippen LogP contribution in [0, 0.1) is 0 Å². The summed E-state index contributed by atoms with van der Waals surface area (Å²) in [5, 5.41) is 5.62. The van der Waals surface area contributed by atoms with Crippen LogP contribution < -0.4 is 10.6 Å². The van der Waals surface area contributed by atoms with Gasteiger partial charge < -0.3 is 15.4 Å². The van der Waals surface area contributed by atoms with Crippen LogP contribution in [0.5, 0.6) is 0 Å². The predicted octanol–water partition coefficient (Wildman–Crippen LogP) is 1.87. The van der Waals surface area contributed by atoms with Crippen molar-refractivity contribution in [3.8, 4) is 0 Å². The lowest BCUT2D eigenvalue weighted by Crippen LogP contribution is -2.46. The number of ether oxygens (including phenoxy) is 1. The fraction of sp³-hybridized carbons (Fsp3) is 0.556. The molecule has 1 saturated heterocycles. The molecule has 1 aliphatic heterocycles. The zero-order chi connectivity index (χ0) is 17.5. The summed E-state index contributed by atoms with van der Waals surface area (Å²) in [6.45, 7) is 9.14. The first-order valence-electron chi connectivity index (χ1n) is 8.47. The normalized spacial score (nSPS) is 21.3. The van der Waals surface area contributed by atoms with Gasteiger partial charge in [0.1, 0.15) is 0 Å². The molecule has 1 heterocycles. The molecule has 2 N–H and O–H groups in total. The molecule has 0 radical (unpaired) electrons. The van der Waals surface area contributed by atoms with E-state index >= 15 is 0 Å².